The van der Waals surface area contributed by atoms with E-state index in [1.54, 1.807) is 11.8 Å². The van der Waals surface area contributed by atoms with Gasteiger partial charge in [-0.2, -0.15) is 11.8 Å². The van der Waals surface area contributed by atoms with E-state index in [1.807, 2.05) is 25.1 Å². The first-order chi connectivity index (χ1) is 10.1. The topological polar surface area (TPSA) is 32.3 Å². The third-order valence-electron chi connectivity index (χ3n) is 4.49. The summed E-state index contributed by atoms with van der Waals surface area (Å²) < 4.78 is 0. The fraction of sp³-hybridized carbons (Fsp3) is 0.588. The lowest BCUT2D eigenvalue weighted by Gasteiger charge is -2.32. The molecule has 0 saturated carbocycles. The molecular weight excluding hydrogens is 280 g/mol. The van der Waals surface area contributed by atoms with Crippen molar-refractivity contribution in [2.75, 3.05) is 12.0 Å². The monoisotopic (exact) mass is 306 g/mol. The predicted octanol–water partition coefficient (Wildman–Crippen LogP) is 3.43. The van der Waals surface area contributed by atoms with Crippen LogP contribution in [0.2, 0.25) is 0 Å². The second-order valence-electron chi connectivity index (χ2n) is 5.87. The smallest absolute Gasteiger partial charge is 0.244 e. The molecule has 116 valence electrons. The van der Waals surface area contributed by atoms with Crippen molar-refractivity contribution < 1.29 is 4.79 Å². The summed E-state index contributed by atoms with van der Waals surface area (Å²) in [4.78, 5) is 15.1. The van der Waals surface area contributed by atoms with E-state index in [0.29, 0.717) is 0 Å². The molecule has 1 aromatic rings. The summed E-state index contributed by atoms with van der Waals surface area (Å²) in [6.07, 6.45) is 3.88. The molecule has 1 N–H and O–H groups in total. The molecule has 3 atom stereocenters. The van der Waals surface area contributed by atoms with Crippen molar-refractivity contribution in [1.29, 1.82) is 0 Å². The van der Waals surface area contributed by atoms with Crippen LogP contribution in [0.4, 0.5) is 0 Å². The Kier molecular flexibility index (Phi) is 5.33. The fourth-order valence-electron chi connectivity index (χ4n) is 2.93. The van der Waals surface area contributed by atoms with Gasteiger partial charge in [0.05, 0.1) is 5.54 Å². The standard InChI is InChI=1S/C17H26N2OS/c1-5-14(12-21-4)19-15(13-10-8-7-9-11-13)18-17(3,6-2)16(19)20/h7-11,14-15,18H,5-6,12H2,1-4H3. The lowest BCUT2D eigenvalue weighted by molar-refractivity contribution is -0.134. The molecule has 1 aliphatic rings. The number of nitrogens with one attached hydrogen (secondary N) is 1. The lowest BCUT2D eigenvalue weighted by Crippen LogP contribution is -2.45. The molecule has 21 heavy (non-hydrogen) atoms. The Labute approximate surface area is 132 Å². The zero-order valence-corrected chi connectivity index (χ0v) is 14.2. The first kappa shape index (κ1) is 16.4. The van der Waals surface area contributed by atoms with Crippen molar-refractivity contribution >= 4 is 17.7 Å². The molecule has 1 heterocycles. The summed E-state index contributed by atoms with van der Waals surface area (Å²) in [5, 5.41) is 3.57. The third-order valence-corrected chi connectivity index (χ3v) is 5.20. The molecule has 3 nitrogen and oxygen atoms in total. The molecule has 0 radical (unpaired) electrons. The second kappa shape index (κ2) is 6.84. The minimum absolute atomic E-state index is 0.0132. The van der Waals surface area contributed by atoms with Gasteiger partial charge in [-0.25, -0.2) is 0 Å². The van der Waals surface area contributed by atoms with E-state index >= 15 is 0 Å². The molecule has 0 aliphatic carbocycles. The summed E-state index contributed by atoms with van der Waals surface area (Å²) in [6, 6.07) is 10.6. The molecule has 3 unspecified atom stereocenters. The number of carbonyl (C=O) groups is 1. The molecule has 1 aromatic carbocycles. The minimum atomic E-state index is -0.452. The molecule has 1 amide bonds. The Morgan fingerprint density at radius 1 is 1.33 bits per heavy atom. The number of benzene rings is 1. The lowest BCUT2D eigenvalue weighted by atomic mass is 9.99. The number of carbonyl (C=O) groups excluding carboxylic acids is 1. The summed E-state index contributed by atoms with van der Waals surface area (Å²) >= 11 is 1.81. The summed E-state index contributed by atoms with van der Waals surface area (Å²) in [5.74, 6) is 1.22. The second-order valence-corrected chi connectivity index (χ2v) is 6.78. The van der Waals surface area contributed by atoms with E-state index in [9.17, 15) is 4.79 Å². The Morgan fingerprint density at radius 3 is 2.52 bits per heavy atom. The average molecular weight is 306 g/mol. The van der Waals surface area contributed by atoms with Crippen LogP contribution in [-0.4, -0.2) is 34.4 Å². The highest BCUT2D eigenvalue weighted by Crippen LogP contribution is 2.35. The van der Waals surface area contributed by atoms with Crippen molar-refractivity contribution in [2.45, 2.75) is 51.4 Å². The van der Waals surface area contributed by atoms with E-state index in [2.05, 4.69) is 42.5 Å². The highest BCUT2D eigenvalue weighted by molar-refractivity contribution is 7.98. The molecule has 2 rings (SSSR count). The van der Waals surface area contributed by atoms with Gasteiger partial charge in [-0.1, -0.05) is 44.2 Å². The van der Waals surface area contributed by atoms with Crippen LogP contribution >= 0.6 is 11.8 Å². The first-order valence-corrected chi connectivity index (χ1v) is 9.11. The molecule has 0 spiro atoms. The molecule has 4 heteroatoms. The molecule has 1 fully saturated rings. The molecule has 1 aliphatic heterocycles. The fourth-order valence-corrected chi connectivity index (χ4v) is 3.71. The Balaban J connectivity index is 2.38. The summed E-state index contributed by atoms with van der Waals surface area (Å²) in [5.41, 5.74) is 0.717. The zero-order chi connectivity index (χ0) is 15.5. The van der Waals surface area contributed by atoms with Crippen LogP contribution in [0, 0.1) is 0 Å². The maximum atomic E-state index is 13.0. The quantitative estimate of drug-likeness (QED) is 0.874. The number of nitrogens with zero attached hydrogens (tertiary/aromatic N) is 1. The van der Waals surface area contributed by atoms with E-state index in [0.717, 1.165) is 18.6 Å². The van der Waals surface area contributed by atoms with Gasteiger partial charge < -0.3 is 4.90 Å². The van der Waals surface area contributed by atoms with E-state index in [4.69, 9.17) is 0 Å². The van der Waals surface area contributed by atoms with Crippen LogP contribution in [0.5, 0.6) is 0 Å². The first-order valence-electron chi connectivity index (χ1n) is 7.71. The van der Waals surface area contributed by atoms with Crippen LogP contribution in [0.15, 0.2) is 30.3 Å². The van der Waals surface area contributed by atoms with Gasteiger partial charge in [-0.15, -0.1) is 0 Å². The van der Waals surface area contributed by atoms with Crippen LogP contribution in [0.1, 0.15) is 45.3 Å². The van der Waals surface area contributed by atoms with Gasteiger partial charge in [0, 0.05) is 11.8 Å². The van der Waals surface area contributed by atoms with E-state index in [1.165, 1.54) is 5.56 Å². The molecule has 1 saturated heterocycles. The highest BCUT2D eigenvalue weighted by Gasteiger charge is 2.49. The van der Waals surface area contributed by atoms with Gasteiger partial charge in [0.15, 0.2) is 0 Å². The van der Waals surface area contributed by atoms with Crippen molar-refractivity contribution in [3.63, 3.8) is 0 Å². The number of hydrogen-bond donors (Lipinski definition) is 1. The van der Waals surface area contributed by atoms with Gasteiger partial charge >= 0.3 is 0 Å². The zero-order valence-electron chi connectivity index (χ0n) is 13.4. The van der Waals surface area contributed by atoms with Crippen LogP contribution in [-0.2, 0) is 4.79 Å². The van der Waals surface area contributed by atoms with Crippen LogP contribution < -0.4 is 5.32 Å². The average Bonchev–Trinajstić information content (AvgIpc) is 2.79. The van der Waals surface area contributed by atoms with Crippen LogP contribution in [0.3, 0.4) is 0 Å². The Hall–Kier alpha value is -1.00. The van der Waals surface area contributed by atoms with Gasteiger partial charge in [0.2, 0.25) is 5.91 Å². The molecule has 0 bridgehead atoms. The SMILES string of the molecule is CCC(CSC)N1C(=O)C(C)(CC)NC1c1ccccc1. The van der Waals surface area contributed by atoms with Crippen molar-refractivity contribution in [3.05, 3.63) is 35.9 Å². The Bertz CT molecular complexity index is 479. The van der Waals surface area contributed by atoms with Crippen molar-refractivity contribution in [3.8, 4) is 0 Å². The highest BCUT2D eigenvalue weighted by atomic mass is 32.2. The minimum Gasteiger partial charge on any atom is -0.318 e. The summed E-state index contributed by atoms with van der Waals surface area (Å²) in [6.45, 7) is 6.26. The van der Waals surface area contributed by atoms with E-state index in [-0.39, 0.29) is 18.1 Å². The number of thioether (sulfide) groups is 1. The number of hydrogen-bond acceptors (Lipinski definition) is 3. The van der Waals surface area contributed by atoms with Crippen molar-refractivity contribution in [1.82, 2.24) is 10.2 Å². The maximum Gasteiger partial charge on any atom is 0.244 e. The summed E-state index contributed by atoms with van der Waals surface area (Å²) in [7, 11) is 0. The normalized spacial score (nSPS) is 27.1. The number of rotatable bonds is 6. The van der Waals surface area contributed by atoms with Crippen LogP contribution in [0.25, 0.3) is 0 Å². The Morgan fingerprint density at radius 2 is 2.00 bits per heavy atom. The largest absolute Gasteiger partial charge is 0.318 e. The van der Waals surface area contributed by atoms with Crippen molar-refractivity contribution in [2.24, 2.45) is 0 Å². The van der Waals surface area contributed by atoms with Gasteiger partial charge in [-0.3, -0.25) is 10.1 Å². The molecular formula is C17H26N2OS. The van der Waals surface area contributed by atoms with Gasteiger partial charge in [0.1, 0.15) is 6.17 Å². The van der Waals surface area contributed by atoms with Gasteiger partial charge in [-0.05, 0) is 31.6 Å². The van der Waals surface area contributed by atoms with Gasteiger partial charge in [0.25, 0.3) is 0 Å². The predicted molar refractivity (Wildman–Crippen MR) is 90.3 cm³/mol. The maximum absolute atomic E-state index is 13.0. The molecule has 0 aromatic heterocycles. The third kappa shape index (κ3) is 3.11. The van der Waals surface area contributed by atoms with E-state index < -0.39 is 5.54 Å². The number of amides is 1.